The Balaban J connectivity index is 2.28. The first-order valence-corrected chi connectivity index (χ1v) is 10.2. The second-order valence-corrected chi connectivity index (χ2v) is 9.04. The van der Waals surface area contributed by atoms with Crippen molar-refractivity contribution in [3.05, 3.63) is 57.6 Å². The Morgan fingerprint density at radius 2 is 1.48 bits per heavy atom. The molecule has 0 unspecified atom stereocenters. The summed E-state index contributed by atoms with van der Waals surface area (Å²) in [4.78, 5) is 11.7. The van der Waals surface area contributed by atoms with E-state index < -0.39 is 56.5 Å². The molecule has 2 rings (SSSR count). The highest BCUT2D eigenvalue weighted by Gasteiger charge is 2.37. The van der Waals surface area contributed by atoms with Crippen LogP contribution in [0.25, 0.3) is 0 Å². The van der Waals surface area contributed by atoms with Gasteiger partial charge in [0.2, 0.25) is 15.9 Å². The number of nitrogens with zero attached hydrogens (tertiary/aromatic N) is 1. The molecule has 0 radical (unpaired) electrons. The molecule has 1 N–H and O–H groups in total. The molecule has 0 atom stereocenters. The Morgan fingerprint density at radius 3 is 1.97 bits per heavy atom. The third kappa shape index (κ3) is 6.25. The number of halogens is 8. The van der Waals surface area contributed by atoms with E-state index >= 15 is 0 Å². The average Bonchev–Trinajstić information content (AvgIpc) is 2.61. The molecule has 0 aliphatic carbocycles. The van der Waals surface area contributed by atoms with E-state index in [9.17, 15) is 39.6 Å². The van der Waals surface area contributed by atoms with Gasteiger partial charge in [0.15, 0.2) is 0 Å². The fourth-order valence-electron chi connectivity index (χ4n) is 2.36. The van der Waals surface area contributed by atoms with Gasteiger partial charge >= 0.3 is 12.4 Å². The van der Waals surface area contributed by atoms with Crippen molar-refractivity contribution < 1.29 is 39.6 Å². The highest BCUT2D eigenvalue weighted by atomic mass is 35.5. The zero-order valence-electron chi connectivity index (χ0n) is 15.3. The van der Waals surface area contributed by atoms with Crippen LogP contribution in [0.3, 0.4) is 0 Å². The minimum absolute atomic E-state index is 0.0319. The molecular formula is C17H12Cl2F6N2O3S. The van der Waals surface area contributed by atoms with Crippen LogP contribution >= 0.6 is 23.2 Å². The van der Waals surface area contributed by atoms with Crippen LogP contribution in [0, 0.1) is 0 Å². The lowest BCUT2D eigenvalue weighted by Gasteiger charge is -2.19. The van der Waals surface area contributed by atoms with Gasteiger partial charge in [-0.1, -0.05) is 23.2 Å². The zero-order valence-corrected chi connectivity index (χ0v) is 17.6. The number of likely N-dealkylation sites (N-methyl/N-ethyl adjacent to an activating group) is 1. The van der Waals surface area contributed by atoms with Crippen LogP contribution in [0.1, 0.15) is 11.1 Å². The SMILES string of the molecule is CN(CC(=O)Nc1cc(C(F)(F)F)cc(C(F)(F)F)c1)S(=O)(=O)c1cc(Cl)ccc1Cl. The van der Waals surface area contributed by atoms with Crippen LogP contribution in [-0.2, 0) is 27.2 Å². The first-order valence-electron chi connectivity index (χ1n) is 8.02. The highest BCUT2D eigenvalue weighted by Crippen LogP contribution is 2.37. The Kier molecular flexibility index (Phi) is 7.20. The number of carbonyl (C=O) groups excluding carboxylic acids is 1. The molecule has 0 bridgehead atoms. The maximum absolute atomic E-state index is 12.9. The molecule has 5 nitrogen and oxygen atoms in total. The van der Waals surface area contributed by atoms with Crippen LogP contribution in [0.2, 0.25) is 10.0 Å². The molecule has 0 fully saturated rings. The third-order valence-electron chi connectivity index (χ3n) is 3.82. The van der Waals surface area contributed by atoms with Crippen LogP contribution in [0.4, 0.5) is 32.0 Å². The van der Waals surface area contributed by atoms with E-state index in [4.69, 9.17) is 23.2 Å². The molecule has 0 saturated carbocycles. The highest BCUT2D eigenvalue weighted by molar-refractivity contribution is 7.89. The van der Waals surface area contributed by atoms with Crippen molar-refractivity contribution in [1.29, 1.82) is 0 Å². The Labute approximate surface area is 182 Å². The number of hydrogen-bond donors (Lipinski definition) is 1. The summed E-state index contributed by atoms with van der Waals surface area (Å²) in [6.07, 6.45) is -10.2. The number of amides is 1. The molecule has 31 heavy (non-hydrogen) atoms. The van der Waals surface area contributed by atoms with Gasteiger partial charge < -0.3 is 5.32 Å². The quantitative estimate of drug-likeness (QED) is 0.558. The zero-order chi connectivity index (χ0) is 23.8. The van der Waals surface area contributed by atoms with E-state index in [0.29, 0.717) is 16.4 Å². The van der Waals surface area contributed by atoms with Crippen LogP contribution in [0.15, 0.2) is 41.3 Å². The summed E-state index contributed by atoms with van der Waals surface area (Å²) in [6, 6.07) is 4.04. The van der Waals surface area contributed by atoms with Gasteiger partial charge in [0.25, 0.3) is 0 Å². The van der Waals surface area contributed by atoms with Gasteiger partial charge in [-0.15, -0.1) is 0 Å². The van der Waals surface area contributed by atoms with E-state index in [1.54, 1.807) is 0 Å². The van der Waals surface area contributed by atoms with E-state index in [1.807, 2.05) is 5.32 Å². The lowest BCUT2D eigenvalue weighted by molar-refractivity contribution is -0.143. The fourth-order valence-corrected chi connectivity index (χ4v) is 4.22. The predicted molar refractivity (Wildman–Crippen MR) is 101 cm³/mol. The molecule has 2 aromatic carbocycles. The molecule has 170 valence electrons. The number of carbonyl (C=O) groups is 1. The number of hydrogen-bond acceptors (Lipinski definition) is 3. The van der Waals surface area contributed by atoms with Crippen molar-refractivity contribution in [3.8, 4) is 0 Å². The van der Waals surface area contributed by atoms with E-state index in [2.05, 4.69) is 0 Å². The molecule has 0 heterocycles. The second kappa shape index (κ2) is 8.85. The van der Waals surface area contributed by atoms with Gasteiger partial charge in [0.1, 0.15) is 4.90 Å². The minimum Gasteiger partial charge on any atom is -0.325 e. The second-order valence-electron chi connectivity index (χ2n) is 6.18. The first kappa shape index (κ1) is 25.2. The molecule has 0 saturated heterocycles. The molecule has 0 spiro atoms. The molecule has 1 amide bonds. The monoisotopic (exact) mass is 508 g/mol. The number of benzene rings is 2. The van der Waals surface area contributed by atoms with Crippen molar-refractivity contribution in [2.24, 2.45) is 0 Å². The van der Waals surface area contributed by atoms with Gasteiger partial charge in [0.05, 0.1) is 22.7 Å². The maximum Gasteiger partial charge on any atom is 0.416 e. The van der Waals surface area contributed by atoms with Gasteiger partial charge in [0, 0.05) is 17.8 Å². The lowest BCUT2D eigenvalue weighted by Crippen LogP contribution is -2.35. The third-order valence-corrected chi connectivity index (χ3v) is 6.34. The average molecular weight is 509 g/mol. The van der Waals surface area contributed by atoms with Gasteiger partial charge in [-0.2, -0.15) is 30.6 Å². The number of rotatable bonds is 5. The molecule has 14 heteroatoms. The lowest BCUT2D eigenvalue weighted by atomic mass is 10.1. The summed E-state index contributed by atoms with van der Waals surface area (Å²) in [5.41, 5.74) is -4.08. The summed E-state index contributed by atoms with van der Waals surface area (Å²) in [6.45, 7) is -0.928. The summed E-state index contributed by atoms with van der Waals surface area (Å²) < 4.78 is 103. The van der Waals surface area contributed by atoms with Gasteiger partial charge in [-0.25, -0.2) is 8.42 Å². The standard InChI is InChI=1S/C17H12Cl2F6N2O3S/c1-27(31(29,30)14-7-11(18)2-3-13(14)19)8-15(28)26-12-5-9(16(20,21)22)4-10(6-12)17(23,24)25/h2-7H,8H2,1H3,(H,26,28). The van der Waals surface area contributed by atoms with Crippen LogP contribution < -0.4 is 5.32 Å². The molecular weight excluding hydrogens is 497 g/mol. The van der Waals surface area contributed by atoms with Crippen molar-refractivity contribution in [1.82, 2.24) is 4.31 Å². The van der Waals surface area contributed by atoms with E-state index in [0.717, 1.165) is 13.1 Å². The van der Waals surface area contributed by atoms with Crippen molar-refractivity contribution in [2.45, 2.75) is 17.2 Å². The number of nitrogens with one attached hydrogen (secondary N) is 1. The van der Waals surface area contributed by atoms with E-state index in [1.165, 1.54) is 12.1 Å². The van der Waals surface area contributed by atoms with Gasteiger partial charge in [-0.05, 0) is 36.4 Å². The number of alkyl halides is 6. The summed E-state index contributed by atoms with van der Waals surface area (Å²) in [5.74, 6) is -1.18. The predicted octanol–water partition coefficient (Wildman–Crippen LogP) is 5.29. The normalized spacial score (nSPS) is 12.8. The Hall–Kier alpha value is -2.02. The smallest absolute Gasteiger partial charge is 0.325 e. The topological polar surface area (TPSA) is 66.5 Å². The van der Waals surface area contributed by atoms with Crippen LogP contribution in [-0.4, -0.2) is 32.2 Å². The van der Waals surface area contributed by atoms with E-state index in [-0.39, 0.29) is 16.1 Å². The van der Waals surface area contributed by atoms with Crippen molar-refractivity contribution in [3.63, 3.8) is 0 Å². The van der Waals surface area contributed by atoms with Crippen molar-refractivity contribution >= 4 is 44.8 Å². The Bertz CT molecular complexity index is 1070. The maximum atomic E-state index is 12.9. The molecule has 0 aliphatic rings. The Morgan fingerprint density at radius 1 is 0.968 bits per heavy atom. The van der Waals surface area contributed by atoms with Gasteiger partial charge in [-0.3, -0.25) is 4.79 Å². The summed E-state index contributed by atoms with van der Waals surface area (Å²) in [7, 11) is -3.37. The first-order chi connectivity index (χ1) is 14.0. The summed E-state index contributed by atoms with van der Waals surface area (Å²) in [5, 5.41) is 1.67. The molecule has 0 aromatic heterocycles. The largest absolute Gasteiger partial charge is 0.416 e. The molecule has 2 aromatic rings. The summed E-state index contributed by atoms with van der Waals surface area (Å²) >= 11 is 11.6. The minimum atomic E-state index is -5.11. The number of anilines is 1. The number of sulfonamides is 1. The fraction of sp³-hybridized carbons (Fsp3) is 0.235. The molecule has 0 aliphatic heterocycles. The van der Waals surface area contributed by atoms with Crippen LogP contribution in [0.5, 0.6) is 0 Å². The van der Waals surface area contributed by atoms with Crippen molar-refractivity contribution in [2.75, 3.05) is 18.9 Å².